The lowest BCUT2D eigenvalue weighted by molar-refractivity contribution is -0.130. The van der Waals surface area contributed by atoms with Crippen LogP contribution in [0.2, 0.25) is 0 Å². The first-order chi connectivity index (χ1) is 13.5. The number of carbonyl (C=O) groups is 3. The van der Waals surface area contributed by atoms with E-state index in [2.05, 4.69) is 5.32 Å². The Labute approximate surface area is 158 Å². The van der Waals surface area contributed by atoms with E-state index in [0.29, 0.717) is 17.1 Å². The van der Waals surface area contributed by atoms with Gasteiger partial charge in [-0.1, -0.05) is 0 Å². The topological polar surface area (TPSA) is 92.8 Å². The number of furan rings is 2. The summed E-state index contributed by atoms with van der Waals surface area (Å²) in [5.74, 6) is -0.864. The van der Waals surface area contributed by atoms with E-state index in [1.165, 1.54) is 24.5 Å². The molecule has 7 nitrogen and oxygen atoms in total. The molecule has 0 bridgehead atoms. The van der Waals surface area contributed by atoms with E-state index in [4.69, 9.17) is 8.83 Å². The fraction of sp³-hybridized carbons (Fsp3) is 0.0500. The van der Waals surface area contributed by atoms with E-state index in [-0.39, 0.29) is 23.7 Å². The molecule has 140 valence electrons. The first-order valence-electron chi connectivity index (χ1n) is 8.28. The van der Waals surface area contributed by atoms with Gasteiger partial charge in [-0.3, -0.25) is 19.8 Å². The van der Waals surface area contributed by atoms with Crippen molar-refractivity contribution in [1.82, 2.24) is 10.2 Å². The highest BCUT2D eigenvalue weighted by molar-refractivity contribution is 6.30. The minimum absolute atomic E-state index is 0.110. The Balaban J connectivity index is 1.61. The maximum atomic E-state index is 13.0. The highest BCUT2D eigenvalue weighted by atomic mass is 19.1. The Morgan fingerprint density at radius 1 is 1.04 bits per heavy atom. The fourth-order valence-corrected chi connectivity index (χ4v) is 2.74. The summed E-state index contributed by atoms with van der Waals surface area (Å²) in [6.07, 6.45) is 2.68. The van der Waals surface area contributed by atoms with Gasteiger partial charge in [0.05, 0.1) is 12.8 Å². The molecule has 1 N–H and O–H groups in total. The molecule has 28 heavy (non-hydrogen) atoms. The smallest absolute Gasteiger partial charge is 0.331 e. The molecular weight excluding hydrogens is 367 g/mol. The Kier molecular flexibility index (Phi) is 4.36. The second kappa shape index (κ2) is 6.99. The zero-order valence-electron chi connectivity index (χ0n) is 14.3. The van der Waals surface area contributed by atoms with Crippen molar-refractivity contribution < 1.29 is 27.6 Å². The molecule has 0 aliphatic carbocycles. The maximum absolute atomic E-state index is 13.0. The van der Waals surface area contributed by atoms with Crippen LogP contribution in [0.15, 0.2) is 69.2 Å². The third kappa shape index (κ3) is 3.35. The van der Waals surface area contributed by atoms with Crippen molar-refractivity contribution in [3.05, 3.63) is 77.7 Å². The van der Waals surface area contributed by atoms with Crippen LogP contribution in [-0.2, 0) is 16.1 Å². The minimum atomic E-state index is -0.824. The van der Waals surface area contributed by atoms with E-state index >= 15 is 0 Å². The van der Waals surface area contributed by atoms with Gasteiger partial charge in [0.2, 0.25) is 0 Å². The summed E-state index contributed by atoms with van der Waals surface area (Å²) in [7, 11) is 0. The van der Waals surface area contributed by atoms with Gasteiger partial charge in [-0.2, -0.15) is 0 Å². The van der Waals surface area contributed by atoms with Gasteiger partial charge >= 0.3 is 6.03 Å². The first-order valence-corrected chi connectivity index (χ1v) is 8.28. The lowest BCUT2D eigenvalue weighted by Gasteiger charge is -2.25. The van der Waals surface area contributed by atoms with Gasteiger partial charge in [-0.15, -0.1) is 0 Å². The van der Waals surface area contributed by atoms with Crippen LogP contribution in [0.5, 0.6) is 0 Å². The predicted octanol–water partition coefficient (Wildman–Crippen LogP) is 3.34. The average Bonchev–Trinajstić information content (AvgIpc) is 3.35. The van der Waals surface area contributed by atoms with Gasteiger partial charge in [-0.05, 0) is 54.6 Å². The number of hydrogen-bond acceptors (Lipinski definition) is 5. The van der Waals surface area contributed by atoms with E-state index in [9.17, 15) is 18.8 Å². The summed E-state index contributed by atoms with van der Waals surface area (Å²) in [4.78, 5) is 37.6. The predicted molar refractivity (Wildman–Crippen MR) is 94.9 cm³/mol. The number of hydrogen-bond donors (Lipinski definition) is 1. The Bertz CT molecular complexity index is 1080. The molecule has 0 radical (unpaired) electrons. The number of benzene rings is 1. The van der Waals surface area contributed by atoms with Gasteiger partial charge in [0, 0.05) is 5.56 Å². The third-order valence-electron chi connectivity index (χ3n) is 4.12. The average molecular weight is 380 g/mol. The molecule has 1 aromatic carbocycles. The monoisotopic (exact) mass is 380 g/mol. The molecular formula is C20H13FN2O5. The van der Waals surface area contributed by atoms with Crippen LogP contribution >= 0.6 is 0 Å². The van der Waals surface area contributed by atoms with E-state index in [1.54, 1.807) is 36.4 Å². The second-order valence-electron chi connectivity index (χ2n) is 6.00. The van der Waals surface area contributed by atoms with Crippen LogP contribution in [-0.4, -0.2) is 22.7 Å². The molecule has 3 heterocycles. The summed E-state index contributed by atoms with van der Waals surface area (Å²) in [6, 6.07) is 11.3. The van der Waals surface area contributed by atoms with E-state index < -0.39 is 17.8 Å². The van der Waals surface area contributed by atoms with Gasteiger partial charge in [0.1, 0.15) is 28.7 Å². The number of nitrogens with zero attached hydrogens (tertiary/aromatic N) is 1. The summed E-state index contributed by atoms with van der Waals surface area (Å²) in [6.45, 7) is -0.110. The largest absolute Gasteiger partial charge is 0.467 e. The number of urea groups is 1. The quantitative estimate of drug-likeness (QED) is 0.554. The standard InChI is InChI=1S/C20H13FN2O5/c21-13-5-3-12(4-6-13)17-8-7-14(28-17)10-16-18(24)22-20(26)23(19(16)25)11-15-2-1-9-27-15/h1-10H,11H2,(H,22,24,26)/b16-10-. The summed E-state index contributed by atoms with van der Waals surface area (Å²) in [5, 5.41) is 2.12. The second-order valence-corrected chi connectivity index (χ2v) is 6.00. The van der Waals surface area contributed by atoms with Crippen molar-refractivity contribution in [3.8, 4) is 11.3 Å². The van der Waals surface area contributed by atoms with Crippen molar-refractivity contribution in [2.75, 3.05) is 0 Å². The lowest BCUT2D eigenvalue weighted by atomic mass is 10.1. The highest BCUT2D eigenvalue weighted by Crippen LogP contribution is 2.25. The number of carbonyl (C=O) groups excluding carboxylic acids is 3. The number of halogens is 1. The molecule has 0 atom stereocenters. The molecule has 0 spiro atoms. The van der Waals surface area contributed by atoms with Crippen molar-refractivity contribution in [2.45, 2.75) is 6.54 Å². The fourth-order valence-electron chi connectivity index (χ4n) is 2.74. The van der Waals surface area contributed by atoms with Crippen molar-refractivity contribution in [1.29, 1.82) is 0 Å². The first kappa shape index (κ1) is 17.5. The van der Waals surface area contributed by atoms with Crippen LogP contribution in [0.1, 0.15) is 11.5 Å². The van der Waals surface area contributed by atoms with Crippen LogP contribution < -0.4 is 5.32 Å². The lowest BCUT2D eigenvalue weighted by Crippen LogP contribution is -2.53. The van der Waals surface area contributed by atoms with Gasteiger partial charge in [0.15, 0.2) is 0 Å². The normalized spacial score (nSPS) is 16.0. The Morgan fingerprint density at radius 3 is 2.54 bits per heavy atom. The zero-order valence-corrected chi connectivity index (χ0v) is 14.3. The summed E-state index contributed by atoms with van der Waals surface area (Å²) < 4.78 is 23.8. The Morgan fingerprint density at radius 2 is 1.82 bits per heavy atom. The van der Waals surface area contributed by atoms with E-state index in [1.807, 2.05) is 0 Å². The molecule has 2 aromatic heterocycles. The number of rotatable bonds is 4. The highest BCUT2D eigenvalue weighted by Gasteiger charge is 2.36. The maximum Gasteiger partial charge on any atom is 0.331 e. The molecule has 3 aromatic rings. The summed E-state index contributed by atoms with van der Waals surface area (Å²) in [5.41, 5.74) is 0.395. The van der Waals surface area contributed by atoms with Crippen LogP contribution in [0.4, 0.5) is 9.18 Å². The minimum Gasteiger partial charge on any atom is -0.467 e. The van der Waals surface area contributed by atoms with Crippen LogP contribution in [0, 0.1) is 5.82 Å². The van der Waals surface area contributed by atoms with Crippen molar-refractivity contribution in [2.24, 2.45) is 0 Å². The van der Waals surface area contributed by atoms with Gasteiger partial charge in [-0.25, -0.2) is 9.18 Å². The number of imide groups is 2. The summed E-state index contributed by atoms with van der Waals surface area (Å²) >= 11 is 0. The van der Waals surface area contributed by atoms with Crippen LogP contribution in [0.3, 0.4) is 0 Å². The van der Waals surface area contributed by atoms with E-state index in [0.717, 1.165) is 4.90 Å². The molecule has 1 saturated heterocycles. The SMILES string of the molecule is O=C1NC(=O)N(Cc2ccco2)C(=O)/C1=C\c1ccc(-c2ccc(F)cc2)o1. The number of amides is 4. The Hall–Kier alpha value is -3.94. The number of barbiturate groups is 1. The molecule has 0 unspecified atom stereocenters. The van der Waals surface area contributed by atoms with Gasteiger partial charge < -0.3 is 8.83 Å². The molecule has 8 heteroatoms. The molecule has 4 amide bonds. The zero-order chi connectivity index (χ0) is 19.7. The molecule has 1 aliphatic rings. The third-order valence-corrected chi connectivity index (χ3v) is 4.12. The molecule has 1 fully saturated rings. The van der Waals surface area contributed by atoms with Crippen LogP contribution in [0.25, 0.3) is 17.4 Å². The van der Waals surface area contributed by atoms with Gasteiger partial charge in [0.25, 0.3) is 11.8 Å². The molecule has 4 rings (SSSR count). The molecule has 0 saturated carbocycles. The van der Waals surface area contributed by atoms with Crippen molar-refractivity contribution in [3.63, 3.8) is 0 Å². The number of nitrogens with one attached hydrogen (secondary N) is 1. The van der Waals surface area contributed by atoms with Crippen molar-refractivity contribution >= 4 is 23.9 Å². The molecule has 1 aliphatic heterocycles.